The molecule has 3 aliphatic rings. The summed E-state index contributed by atoms with van der Waals surface area (Å²) in [5, 5.41) is 21.7. The normalized spacial score (nSPS) is 24.2. The third-order valence-corrected chi connectivity index (χ3v) is 9.00. The van der Waals surface area contributed by atoms with Crippen LogP contribution in [0.4, 0.5) is 11.4 Å². The van der Waals surface area contributed by atoms with Crippen molar-refractivity contribution in [3.8, 4) is 5.75 Å². The Kier molecular flexibility index (Phi) is 8.75. The van der Waals surface area contributed by atoms with Crippen molar-refractivity contribution in [2.24, 2.45) is 17.8 Å². The molecule has 0 aromatic heterocycles. The fourth-order valence-electron chi connectivity index (χ4n) is 6.78. The van der Waals surface area contributed by atoms with Gasteiger partial charge in [-0.1, -0.05) is 65.9 Å². The molecule has 9 heteroatoms. The smallest absolute Gasteiger partial charge is 0.271 e. The van der Waals surface area contributed by atoms with Crippen molar-refractivity contribution in [1.82, 2.24) is 0 Å². The summed E-state index contributed by atoms with van der Waals surface area (Å²) < 4.78 is 7.27. The maximum absolute atomic E-state index is 13.8. The molecule has 4 atom stereocenters. The monoisotopic (exact) mass is 622 g/mol. The minimum Gasteiger partial charge on any atom is -0.507 e. The number of hydrogen-bond acceptors (Lipinski definition) is 6. The first-order valence-electron chi connectivity index (χ1n) is 14.4. The number of non-ortho nitro benzene ring substituents is 1. The number of imide groups is 1. The van der Waals surface area contributed by atoms with E-state index in [0.717, 1.165) is 53.5 Å². The molecule has 2 aromatic carbocycles. The van der Waals surface area contributed by atoms with Crippen LogP contribution in [0.15, 0.2) is 63.7 Å². The van der Waals surface area contributed by atoms with Crippen molar-refractivity contribution < 1.29 is 24.4 Å². The number of amides is 2. The Labute approximate surface area is 248 Å². The summed E-state index contributed by atoms with van der Waals surface area (Å²) in [6.07, 6.45) is 7.65. The summed E-state index contributed by atoms with van der Waals surface area (Å²) in [5.41, 5.74) is 4.49. The molecule has 0 saturated carbocycles. The van der Waals surface area contributed by atoms with Gasteiger partial charge in [-0.25, -0.2) is 4.90 Å². The SMILES string of the molecule is CCCC1=C2[C@@H](CC/C(=C/c3cc(Br)ccc3O)CCC)OC[C@@H]2[C@@H]2C(=O)N(c3cccc([N+](=O)[O-])c3)C(=O)[C@@H]2C1. The summed E-state index contributed by atoms with van der Waals surface area (Å²) in [4.78, 5) is 39.4. The third kappa shape index (κ3) is 5.75. The molecule has 0 radical (unpaired) electrons. The molecule has 2 fully saturated rings. The van der Waals surface area contributed by atoms with Gasteiger partial charge in [-0.3, -0.25) is 19.7 Å². The first-order chi connectivity index (χ1) is 19.7. The molecule has 0 unspecified atom stereocenters. The van der Waals surface area contributed by atoms with Gasteiger partial charge in [-0.2, -0.15) is 0 Å². The average molecular weight is 624 g/mol. The summed E-state index contributed by atoms with van der Waals surface area (Å²) in [7, 11) is 0. The summed E-state index contributed by atoms with van der Waals surface area (Å²) >= 11 is 3.49. The number of nitrogens with zero attached hydrogens (tertiary/aromatic N) is 2. The molecular formula is C32H35BrN2O6. The second-order valence-electron chi connectivity index (χ2n) is 11.2. The van der Waals surface area contributed by atoms with Crippen LogP contribution >= 0.6 is 15.9 Å². The van der Waals surface area contributed by atoms with Gasteiger partial charge in [-0.15, -0.1) is 0 Å². The molecule has 2 aromatic rings. The van der Waals surface area contributed by atoms with Crippen molar-refractivity contribution in [2.75, 3.05) is 11.5 Å². The van der Waals surface area contributed by atoms with Crippen LogP contribution in [0.2, 0.25) is 0 Å². The number of hydrogen-bond donors (Lipinski definition) is 1. The molecule has 1 N–H and O–H groups in total. The average Bonchev–Trinajstić information content (AvgIpc) is 3.48. The van der Waals surface area contributed by atoms with Crippen molar-refractivity contribution in [1.29, 1.82) is 0 Å². The first kappa shape index (κ1) is 29.2. The molecular weight excluding hydrogens is 588 g/mol. The minimum atomic E-state index is -0.522. The number of aromatic hydroxyl groups is 1. The van der Waals surface area contributed by atoms with Gasteiger partial charge < -0.3 is 9.84 Å². The Balaban J connectivity index is 1.40. The van der Waals surface area contributed by atoms with Gasteiger partial charge >= 0.3 is 0 Å². The van der Waals surface area contributed by atoms with Crippen molar-refractivity contribution in [3.05, 3.63) is 79.3 Å². The van der Waals surface area contributed by atoms with Crippen molar-refractivity contribution >= 4 is 45.2 Å². The van der Waals surface area contributed by atoms with Gasteiger partial charge in [0, 0.05) is 28.1 Å². The van der Waals surface area contributed by atoms with E-state index in [-0.39, 0.29) is 41.0 Å². The predicted octanol–water partition coefficient (Wildman–Crippen LogP) is 7.35. The lowest BCUT2D eigenvalue weighted by molar-refractivity contribution is -0.384. The highest BCUT2D eigenvalue weighted by Crippen LogP contribution is 2.51. The van der Waals surface area contributed by atoms with Gasteiger partial charge in [-0.05, 0) is 61.9 Å². The number of allylic oxidation sites excluding steroid dienone is 2. The molecule has 2 saturated heterocycles. The summed E-state index contributed by atoms with van der Waals surface area (Å²) in [6.45, 7) is 4.63. The highest BCUT2D eigenvalue weighted by molar-refractivity contribution is 9.10. The molecule has 0 bridgehead atoms. The van der Waals surface area contributed by atoms with Crippen LogP contribution in [-0.4, -0.2) is 34.6 Å². The van der Waals surface area contributed by atoms with Crippen LogP contribution in [0.25, 0.3) is 6.08 Å². The van der Waals surface area contributed by atoms with Gasteiger partial charge in [0.1, 0.15) is 5.75 Å². The number of nitro benzene ring substituents is 1. The molecule has 41 heavy (non-hydrogen) atoms. The van der Waals surface area contributed by atoms with E-state index in [9.17, 15) is 24.8 Å². The Bertz CT molecular complexity index is 1430. The van der Waals surface area contributed by atoms with Crippen LogP contribution in [0.3, 0.4) is 0 Å². The maximum Gasteiger partial charge on any atom is 0.271 e. The predicted molar refractivity (Wildman–Crippen MR) is 160 cm³/mol. The van der Waals surface area contributed by atoms with Crippen LogP contribution in [0.5, 0.6) is 5.75 Å². The van der Waals surface area contributed by atoms with Crippen molar-refractivity contribution in [3.63, 3.8) is 0 Å². The lowest BCUT2D eigenvalue weighted by Gasteiger charge is -2.32. The van der Waals surface area contributed by atoms with E-state index in [1.54, 1.807) is 12.1 Å². The fraction of sp³-hybridized carbons (Fsp3) is 0.438. The van der Waals surface area contributed by atoms with Gasteiger partial charge in [0.15, 0.2) is 0 Å². The maximum atomic E-state index is 13.8. The third-order valence-electron chi connectivity index (χ3n) is 8.51. The Hall–Kier alpha value is -3.30. The van der Waals surface area contributed by atoms with Gasteiger partial charge in [0.25, 0.3) is 5.69 Å². The number of carbonyl (C=O) groups is 2. The Morgan fingerprint density at radius 1 is 1.12 bits per heavy atom. The second-order valence-corrected chi connectivity index (χ2v) is 12.1. The fourth-order valence-corrected chi connectivity index (χ4v) is 7.16. The molecule has 2 aliphatic heterocycles. The highest BCUT2D eigenvalue weighted by atomic mass is 79.9. The number of anilines is 1. The van der Waals surface area contributed by atoms with Gasteiger partial charge in [0.2, 0.25) is 11.8 Å². The minimum absolute atomic E-state index is 0.131. The van der Waals surface area contributed by atoms with E-state index in [4.69, 9.17) is 4.74 Å². The number of rotatable bonds is 10. The lowest BCUT2D eigenvalue weighted by Crippen LogP contribution is -2.34. The standard InChI is InChI=1S/C32H35BrN2O6/c1-3-6-19(14-21-15-22(33)11-12-27(21)36)10-13-28-29-20(7-4-2)16-25-30(26(29)18-41-28)32(38)34(31(25)37)23-8-5-9-24(17-23)35(39)40/h5,8-9,11-12,14-15,17,25-26,28,30,36H,3-4,6-7,10,13,16,18H2,1-2H3/b19-14+/t25-,26+,28-,30-/m1/s1. The molecule has 216 valence electrons. The van der Waals surface area contributed by atoms with Crippen LogP contribution < -0.4 is 4.90 Å². The Morgan fingerprint density at radius 3 is 2.66 bits per heavy atom. The largest absolute Gasteiger partial charge is 0.507 e. The second kappa shape index (κ2) is 12.3. The van der Waals surface area contributed by atoms with E-state index in [0.29, 0.717) is 13.0 Å². The van der Waals surface area contributed by atoms with E-state index < -0.39 is 16.8 Å². The molecule has 2 heterocycles. The summed E-state index contributed by atoms with van der Waals surface area (Å²) in [6, 6.07) is 11.1. The number of halogens is 1. The van der Waals surface area contributed by atoms with E-state index in [1.165, 1.54) is 34.9 Å². The highest BCUT2D eigenvalue weighted by Gasteiger charge is 2.57. The quantitative estimate of drug-likeness (QED) is 0.128. The zero-order valence-electron chi connectivity index (χ0n) is 23.3. The van der Waals surface area contributed by atoms with Crippen LogP contribution in [-0.2, 0) is 14.3 Å². The number of carbonyl (C=O) groups excluding carboxylic acids is 2. The molecule has 2 amide bonds. The molecule has 1 aliphatic carbocycles. The topological polar surface area (TPSA) is 110 Å². The number of ether oxygens (including phenoxy) is 1. The van der Waals surface area contributed by atoms with Gasteiger partial charge in [0.05, 0.1) is 35.2 Å². The first-order valence-corrected chi connectivity index (χ1v) is 15.2. The molecule has 0 spiro atoms. The van der Waals surface area contributed by atoms with E-state index >= 15 is 0 Å². The van der Waals surface area contributed by atoms with Crippen LogP contribution in [0, 0.1) is 27.9 Å². The number of nitro groups is 1. The number of phenols is 1. The van der Waals surface area contributed by atoms with Crippen molar-refractivity contribution in [2.45, 2.75) is 64.9 Å². The Morgan fingerprint density at radius 2 is 1.93 bits per heavy atom. The van der Waals surface area contributed by atoms with Crippen LogP contribution in [0.1, 0.15) is 64.4 Å². The lowest BCUT2D eigenvalue weighted by atomic mass is 9.68. The number of fused-ring (bicyclic) bond motifs is 3. The summed E-state index contributed by atoms with van der Waals surface area (Å²) in [5.74, 6) is -1.50. The van der Waals surface area contributed by atoms with E-state index in [1.807, 2.05) is 12.1 Å². The zero-order valence-corrected chi connectivity index (χ0v) is 24.9. The van der Waals surface area contributed by atoms with E-state index in [2.05, 4.69) is 35.9 Å². The molecule has 8 nitrogen and oxygen atoms in total. The number of benzene rings is 2. The zero-order chi connectivity index (χ0) is 29.3. The molecule has 5 rings (SSSR count). The number of phenolic OH excluding ortho intramolecular Hbond substituents is 1.